The Morgan fingerprint density at radius 3 is 2.56 bits per heavy atom. The third-order valence-electron chi connectivity index (χ3n) is 2.99. The molecule has 54 valence electrons. The zero-order valence-corrected chi connectivity index (χ0v) is 6.41. The molecule has 0 aromatic heterocycles. The van der Waals surface area contributed by atoms with Gasteiger partial charge in [0.05, 0.1) is 0 Å². The highest BCUT2D eigenvalue weighted by Crippen LogP contribution is 2.62. The van der Waals surface area contributed by atoms with Crippen LogP contribution in [0.4, 0.5) is 0 Å². The van der Waals surface area contributed by atoms with E-state index in [2.05, 4.69) is 0 Å². The maximum Gasteiger partial charge on any atom is -0.00178 e. The van der Waals surface area contributed by atoms with Crippen molar-refractivity contribution in [1.82, 2.24) is 0 Å². The smallest absolute Gasteiger partial charge is 0.00178 e. The second-order valence-corrected chi connectivity index (χ2v) is 3.36. The van der Waals surface area contributed by atoms with Gasteiger partial charge in [0.25, 0.3) is 0 Å². The maximum absolute atomic E-state index is 5.61. The second kappa shape index (κ2) is 2.14. The van der Waals surface area contributed by atoms with E-state index in [4.69, 9.17) is 5.73 Å². The van der Waals surface area contributed by atoms with Gasteiger partial charge in [-0.25, -0.2) is 0 Å². The topological polar surface area (TPSA) is 26.0 Å². The van der Waals surface area contributed by atoms with E-state index in [0.29, 0.717) is 5.41 Å². The Morgan fingerprint density at radius 2 is 2.33 bits per heavy atom. The van der Waals surface area contributed by atoms with Crippen molar-refractivity contribution in [3.63, 3.8) is 0 Å². The molecule has 0 amide bonds. The van der Waals surface area contributed by atoms with Gasteiger partial charge in [-0.2, -0.15) is 0 Å². The van der Waals surface area contributed by atoms with Gasteiger partial charge < -0.3 is 5.73 Å². The van der Waals surface area contributed by atoms with E-state index in [0.717, 1.165) is 12.5 Å². The minimum atomic E-state index is 0. The summed E-state index contributed by atoms with van der Waals surface area (Å²) >= 11 is 0. The molecule has 9 heavy (non-hydrogen) atoms. The summed E-state index contributed by atoms with van der Waals surface area (Å²) in [5.74, 6) is 1.05. The summed E-state index contributed by atoms with van der Waals surface area (Å²) in [7, 11) is 0. The normalized spacial score (nSPS) is 45.7. The summed E-state index contributed by atoms with van der Waals surface area (Å²) < 4.78 is 0. The minimum Gasteiger partial charge on any atom is -0.330 e. The van der Waals surface area contributed by atoms with Crippen LogP contribution in [0.15, 0.2) is 0 Å². The van der Waals surface area contributed by atoms with Crippen LogP contribution in [0.25, 0.3) is 0 Å². The van der Waals surface area contributed by atoms with E-state index in [1.54, 1.807) is 0 Å². The predicted molar refractivity (Wildman–Crippen MR) is 40.7 cm³/mol. The third-order valence-corrected chi connectivity index (χ3v) is 2.99. The Balaban J connectivity index is 0.000000405. The van der Waals surface area contributed by atoms with Gasteiger partial charge in [-0.3, -0.25) is 0 Å². The van der Waals surface area contributed by atoms with Gasteiger partial charge in [-0.05, 0) is 37.1 Å². The molecule has 0 heterocycles. The molecule has 0 bridgehead atoms. The van der Waals surface area contributed by atoms with E-state index in [1.807, 2.05) is 0 Å². The van der Waals surface area contributed by atoms with Crippen molar-refractivity contribution < 1.29 is 0 Å². The van der Waals surface area contributed by atoms with Crippen molar-refractivity contribution in [2.75, 3.05) is 6.54 Å². The molecule has 0 spiro atoms. The van der Waals surface area contributed by atoms with Crippen molar-refractivity contribution >= 4 is 12.4 Å². The largest absolute Gasteiger partial charge is 0.330 e. The van der Waals surface area contributed by atoms with Crippen LogP contribution in [0.3, 0.4) is 0 Å². The van der Waals surface area contributed by atoms with Crippen LogP contribution in [0.1, 0.15) is 25.7 Å². The second-order valence-electron chi connectivity index (χ2n) is 3.36. The summed E-state index contributed by atoms with van der Waals surface area (Å²) in [5.41, 5.74) is 6.29. The third kappa shape index (κ3) is 0.870. The van der Waals surface area contributed by atoms with Crippen LogP contribution in [0, 0.1) is 11.3 Å². The van der Waals surface area contributed by atoms with Gasteiger partial charge >= 0.3 is 0 Å². The average molecular weight is 148 g/mol. The van der Waals surface area contributed by atoms with Crippen LogP contribution >= 0.6 is 12.4 Å². The molecule has 2 saturated carbocycles. The highest BCUT2D eigenvalue weighted by Gasteiger charge is 2.55. The minimum absolute atomic E-state index is 0. The van der Waals surface area contributed by atoms with E-state index in [1.165, 1.54) is 25.7 Å². The summed E-state index contributed by atoms with van der Waals surface area (Å²) in [5, 5.41) is 0. The molecule has 2 rings (SSSR count). The van der Waals surface area contributed by atoms with Crippen LogP contribution in [0.5, 0.6) is 0 Å². The molecule has 2 N–H and O–H groups in total. The average Bonchev–Trinajstić information content (AvgIpc) is 2.38. The molecule has 1 nitrogen and oxygen atoms in total. The first-order valence-electron chi connectivity index (χ1n) is 3.57. The van der Waals surface area contributed by atoms with Gasteiger partial charge in [0.15, 0.2) is 0 Å². The van der Waals surface area contributed by atoms with Crippen molar-refractivity contribution in [2.24, 2.45) is 17.1 Å². The lowest BCUT2D eigenvalue weighted by molar-refractivity contribution is 0.501. The fourth-order valence-electron chi connectivity index (χ4n) is 2.20. The Labute approximate surface area is 62.4 Å². The standard InChI is InChI=1S/C7H13N.ClH/c8-5-7-3-1-2-6(7)4-7;/h6H,1-5,8H2;1H/t6-,7+;/m1./s1. The summed E-state index contributed by atoms with van der Waals surface area (Å²) in [6.07, 6.45) is 5.79. The number of hydrogen-bond donors (Lipinski definition) is 1. The van der Waals surface area contributed by atoms with Crippen molar-refractivity contribution in [2.45, 2.75) is 25.7 Å². The number of halogens is 1. The molecule has 2 atom stereocenters. The number of fused-ring (bicyclic) bond motifs is 1. The molecule has 2 heteroatoms. The van der Waals surface area contributed by atoms with Gasteiger partial charge in [0, 0.05) is 0 Å². The highest BCUT2D eigenvalue weighted by molar-refractivity contribution is 5.85. The lowest BCUT2D eigenvalue weighted by Crippen LogP contribution is -2.14. The van der Waals surface area contributed by atoms with Crippen LogP contribution in [0.2, 0.25) is 0 Å². The van der Waals surface area contributed by atoms with Crippen molar-refractivity contribution in [1.29, 1.82) is 0 Å². The Kier molecular flexibility index (Phi) is 1.75. The monoisotopic (exact) mass is 147 g/mol. The van der Waals surface area contributed by atoms with Crippen LogP contribution in [-0.4, -0.2) is 6.54 Å². The zero-order valence-electron chi connectivity index (χ0n) is 5.60. The van der Waals surface area contributed by atoms with Gasteiger partial charge in [-0.15, -0.1) is 12.4 Å². The molecular formula is C7H14ClN. The highest BCUT2D eigenvalue weighted by atomic mass is 35.5. The maximum atomic E-state index is 5.61. The summed E-state index contributed by atoms with van der Waals surface area (Å²) in [4.78, 5) is 0. The van der Waals surface area contributed by atoms with Crippen molar-refractivity contribution in [3.05, 3.63) is 0 Å². The SMILES string of the molecule is Cl.NC[C@@]12CCC[C@@H]1C2. The molecule has 0 aliphatic heterocycles. The molecule has 2 fully saturated rings. The Bertz CT molecular complexity index is 111. The summed E-state index contributed by atoms with van der Waals surface area (Å²) in [6, 6.07) is 0. The number of nitrogens with two attached hydrogens (primary N) is 1. The number of hydrogen-bond acceptors (Lipinski definition) is 1. The molecular weight excluding hydrogens is 134 g/mol. The first kappa shape index (κ1) is 7.36. The Hall–Kier alpha value is 0.250. The van der Waals surface area contributed by atoms with Crippen LogP contribution < -0.4 is 5.73 Å². The molecule has 0 aromatic rings. The molecule has 0 aromatic carbocycles. The fraction of sp³-hybridized carbons (Fsp3) is 1.00. The van der Waals surface area contributed by atoms with Gasteiger partial charge in [0.1, 0.15) is 0 Å². The molecule has 2 aliphatic rings. The van der Waals surface area contributed by atoms with Crippen LogP contribution in [-0.2, 0) is 0 Å². The molecule has 0 saturated heterocycles. The lowest BCUT2D eigenvalue weighted by atomic mass is 10.1. The van der Waals surface area contributed by atoms with Crippen molar-refractivity contribution in [3.8, 4) is 0 Å². The van der Waals surface area contributed by atoms with Gasteiger partial charge in [0.2, 0.25) is 0 Å². The van der Waals surface area contributed by atoms with E-state index in [9.17, 15) is 0 Å². The molecule has 2 aliphatic carbocycles. The fourth-order valence-corrected chi connectivity index (χ4v) is 2.20. The Morgan fingerprint density at radius 1 is 1.56 bits per heavy atom. The first-order chi connectivity index (χ1) is 3.87. The summed E-state index contributed by atoms with van der Waals surface area (Å²) in [6.45, 7) is 0.956. The van der Waals surface area contributed by atoms with E-state index >= 15 is 0 Å². The quantitative estimate of drug-likeness (QED) is 0.599. The molecule has 0 unspecified atom stereocenters. The first-order valence-corrected chi connectivity index (χ1v) is 3.57. The van der Waals surface area contributed by atoms with E-state index < -0.39 is 0 Å². The molecule has 0 radical (unpaired) electrons. The van der Waals surface area contributed by atoms with Gasteiger partial charge in [-0.1, -0.05) is 6.42 Å². The lowest BCUT2D eigenvalue weighted by Gasteiger charge is -2.04. The predicted octanol–water partition coefficient (Wildman–Crippen LogP) is 1.56. The number of rotatable bonds is 1. The zero-order chi connectivity index (χ0) is 5.61. The van der Waals surface area contributed by atoms with E-state index in [-0.39, 0.29) is 12.4 Å².